The number of nitrogens with zero attached hydrogens (tertiary/aromatic N) is 2. The van der Waals surface area contributed by atoms with Crippen LogP contribution >= 0.6 is 0 Å². The van der Waals surface area contributed by atoms with Crippen molar-refractivity contribution in [3.63, 3.8) is 0 Å². The minimum atomic E-state index is -1.08. The normalized spacial score (nSPS) is 13.8. The Morgan fingerprint density at radius 1 is 1.38 bits per heavy atom. The highest BCUT2D eigenvalue weighted by atomic mass is 19.1. The summed E-state index contributed by atoms with van der Waals surface area (Å²) in [4.78, 5) is 19.9. The van der Waals surface area contributed by atoms with Crippen LogP contribution in [-0.4, -0.2) is 27.6 Å². The summed E-state index contributed by atoms with van der Waals surface area (Å²) in [6, 6.07) is 4.66. The third-order valence-corrected chi connectivity index (χ3v) is 3.57. The van der Waals surface area contributed by atoms with E-state index in [2.05, 4.69) is 15.3 Å². The van der Waals surface area contributed by atoms with Crippen LogP contribution in [0.2, 0.25) is 0 Å². The molecule has 2 N–H and O–H groups in total. The Labute approximate surface area is 120 Å². The van der Waals surface area contributed by atoms with Gasteiger partial charge in [-0.3, -0.25) is 0 Å². The molecule has 0 saturated heterocycles. The van der Waals surface area contributed by atoms with Gasteiger partial charge in [0.25, 0.3) is 0 Å². The van der Waals surface area contributed by atoms with Gasteiger partial charge in [0, 0.05) is 17.7 Å². The van der Waals surface area contributed by atoms with Gasteiger partial charge < -0.3 is 10.4 Å². The van der Waals surface area contributed by atoms with E-state index in [-0.39, 0.29) is 17.3 Å². The molecule has 1 aliphatic heterocycles. The van der Waals surface area contributed by atoms with Gasteiger partial charge in [0.1, 0.15) is 5.82 Å². The van der Waals surface area contributed by atoms with Gasteiger partial charge in [0.2, 0.25) is 0 Å². The quantitative estimate of drug-likeness (QED) is 0.883. The van der Waals surface area contributed by atoms with Crippen LogP contribution in [0.25, 0.3) is 11.4 Å². The molecule has 0 aliphatic carbocycles. The summed E-state index contributed by atoms with van der Waals surface area (Å²) in [5.74, 6) is -1.19. The maximum atomic E-state index is 13.7. The van der Waals surface area contributed by atoms with Crippen molar-refractivity contribution < 1.29 is 14.3 Å². The summed E-state index contributed by atoms with van der Waals surface area (Å²) < 4.78 is 13.7. The molecule has 2 heterocycles. The van der Waals surface area contributed by atoms with Crippen molar-refractivity contribution in [1.29, 1.82) is 0 Å². The van der Waals surface area contributed by atoms with Gasteiger partial charge in [0.05, 0.1) is 5.69 Å². The molecule has 0 radical (unpaired) electrons. The van der Waals surface area contributed by atoms with Gasteiger partial charge in [-0.15, -0.1) is 0 Å². The van der Waals surface area contributed by atoms with Crippen molar-refractivity contribution in [1.82, 2.24) is 15.3 Å². The number of benzene rings is 1. The highest BCUT2D eigenvalue weighted by molar-refractivity contribution is 5.88. The zero-order chi connectivity index (χ0) is 15.0. The lowest BCUT2D eigenvalue weighted by molar-refractivity contribution is 0.0688. The zero-order valence-corrected chi connectivity index (χ0v) is 11.5. The van der Waals surface area contributed by atoms with E-state index < -0.39 is 5.97 Å². The van der Waals surface area contributed by atoms with Gasteiger partial charge in [-0.2, -0.15) is 0 Å². The highest BCUT2D eigenvalue weighted by Crippen LogP contribution is 2.23. The number of hydrogen-bond donors (Lipinski definition) is 2. The van der Waals surface area contributed by atoms with E-state index in [0.717, 1.165) is 0 Å². The molecule has 108 valence electrons. The van der Waals surface area contributed by atoms with Crippen LogP contribution in [0.15, 0.2) is 18.2 Å². The summed E-state index contributed by atoms with van der Waals surface area (Å²) in [7, 11) is 0. The largest absolute Gasteiger partial charge is 0.476 e. The number of carboxylic acids is 1. The van der Waals surface area contributed by atoms with E-state index >= 15 is 0 Å². The molecule has 0 bridgehead atoms. The first-order valence-corrected chi connectivity index (χ1v) is 6.66. The fraction of sp³-hybridized carbons (Fsp3) is 0.267. The molecule has 0 spiro atoms. The predicted octanol–water partition coefficient (Wildman–Crippen LogP) is 1.94. The molecule has 21 heavy (non-hydrogen) atoms. The lowest BCUT2D eigenvalue weighted by Gasteiger charge is -2.18. The molecule has 0 amide bonds. The second kappa shape index (κ2) is 5.21. The van der Waals surface area contributed by atoms with E-state index in [1.54, 1.807) is 19.1 Å². The Bertz CT molecular complexity index is 731. The van der Waals surface area contributed by atoms with Crippen molar-refractivity contribution in [3.8, 4) is 11.4 Å². The molecule has 0 unspecified atom stereocenters. The van der Waals surface area contributed by atoms with E-state index in [1.165, 1.54) is 6.07 Å². The summed E-state index contributed by atoms with van der Waals surface area (Å²) in [6.45, 7) is 2.87. The fourth-order valence-corrected chi connectivity index (χ4v) is 2.40. The van der Waals surface area contributed by atoms with Crippen LogP contribution < -0.4 is 5.32 Å². The monoisotopic (exact) mass is 287 g/mol. The van der Waals surface area contributed by atoms with E-state index in [1.807, 2.05) is 0 Å². The minimum Gasteiger partial charge on any atom is -0.476 e. The molecule has 1 aromatic carbocycles. The van der Waals surface area contributed by atoms with Gasteiger partial charge in [-0.1, -0.05) is 12.1 Å². The van der Waals surface area contributed by atoms with Crippen molar-refractivity contribution in [2.24, 2.45) is 0 Å². The highest BCUT2D eigenvalue weighted by Gasteiger charge is 2.22. The average molecular weight is 287 g/mol. The van der Waals surface area contributed by atoms with Crippen molar-refractivity contribution in [2.45, 2.75) is 19.9 Å². The molecule has 0 fully saturated rings. The minimum absolute atomic E-state index is 0.0116. The van der Waals surface area contributed by atoms with Crippen molar-refractivity contribution in [3.05, 3.63) is 46.5 Å². The Hall–Kier alpha value is -2.34. The molecule has 6 heteroatoms. The topological polar surface area (TPSA) is 75.1 Å². The number of fused-ring (bicyclic) bond motifs is 1. The summed E-state index contributed by atoms with van der Waals surface area (Å²) in [6.07, 6.45) is 0.583. The van der Waals surface area contributed by atoms with E-state index in [9.17, 15) is 14.3 Å². The Balaban J connectivity index is 2.16. The summed E-state index contributed by atoms with van der Waals surface area (Å²) >= 11 is 0. The second-order valence-electron chi connectivity index (χ2n) is 5.02. The Kier molecular flexibility index (Phi) is 3.39. The Morgan fingerprint density at radius 3 is 2.90 bits per heavy atom. The zero-order valence-electron chi connectivity index (χ0n) is 11.5. The number of halogens is 1. The molecular weight excluding hydrogens is 273 g/mol. The lowest BCUT2D eigenvalue weighted by Crippen LogP contribution is -2.27. The Morgan fingerprint density at radius 2 is 2.19 bits per heavy atom. The second-order valence-corrected chi connectivity index (χ2v) is 5.02. The summed E-state index contributed by atoms with van der Waals surface area (Å²) in [5.41, 5.74) is 2.35. The SMILES string of the molecule is Cc1ccc(-c2nc3c(c(C(=O)O)n2)CCNC3)cc1F. The smallest absolute Gasteiger partial charge is 0.354 e. The van der Waals surface area contributed by atoms with E-state index in [4.69, 9.17) is 0 Å². The number of nitrogens with one attached hydrogen (secondary N) is 1. The van der Waals surface area contributed by atoms with Crippen LogP contribution in [0.3, 0.4) is 0 Å². The molecular formula is C15H14FN3O2. The maximum absolute atomic E-state index is 13.7. The summed E-state index contributed by atoms with van der Waals surface area (Å²) in [5, 5.41) is 12.5. The number of aromatic nitrogens is 2. The van der Waals surface area contributed by atoms with Crippen molar-refractivity contribution in [2.75, 3.05) is 6.54 Å². The third kappa shape index (κ3) is 2.50. The first-order chi connectivity index (χ1) is 10.1. The van der Waals surface area contributed by atoms with E-state index in [0.29, 0.717) is 41.9 Å². The van der Waals surface area contributed by atoms with Crippen LogP contribution in [0.5, 0.6) is 0 Å². The number of aromatic carboxylic acids is 1. The molecule has 3 rings (SSSR count). The predicted molar refractivity (Wildman–Crippen MR) is 74.5 cm³/mol. The molecule has 0 atom stereocenters. The first-order valence-electron chi connectivity index (χ1n) is 6.66. The van der Waals surface area contributed by atoms with Gasteiger partial charge >= 0.3 is 5.97 Å². The third-order valence-electron chi connectivity index (χ3n) is 3.57. The van der Waals surface area contributed by atoms with Gasteiger partial charge in [-0.25, -0.2) is 19.2 Å². The number of rotatable bonds is 2. The number of carbonyl (C=O) groups is 1. The first kappa shape index (κ1) is 13.6. The van der Waals surface area contributed by atoms with Crippen LogP contribution in [0.1, 0.15) is 27.3 Å². The van der Waals surface area contributed by atoms with Gasteiger partial charge in [0.15, 0.2) is 11.5 Å². The lowest BCUT2D eigenvalue weighted by atomic mass is 10.0. The molecule has 1 aliphatic rings. The van der Waals surface area contributed by atoms with Gasteiger partial charge in [-0.05, 0) is 31.5 Å². The van der Waals surface area contributed by atoms with Crippen LogP contribution in [-0.2, 0) is 13.0 Å². The van der Waals surface area contributed by atoms with Crippen LogP contribution in [0, 0.1) is 12.7 Å². The van der Waals surface area contributed by atoms with Crippen LogP contribution in [0.4, 0.5) is 4.39 Å². The number of hydrogen-bond acceptors (Lipinski definition) is 4. The molecule has 2 aromatic rings. The maximum Gasteiger partial charge on any atom is 0.354 e. The standard InChI is InChI=1S/C15H14FN3O2/c1-8-2-3-9(6-11(8)16)14-18-12-7-17-5-4-10(12)13(19-14)15(20)21/h2-3,6,17H,4-5,7H2,1H3,(H,20,21). The molecule has 1 aromatic heterocycles. The number of aryl methyl sites for hydroxylation is 1. The number of carboxylic acid groups (broad SMARTS) is 1. The average Bonchev–Trinajstić information content (AvgIpc) is 2.48. The molecule has 0 saturated carbocycles. The van der Waals surface area contributed by atoms with Crippen molar-refractivity contribution >= 4 is 5.97 Å². The fourth-order valence-electron chi connectivity index (χ4n) is 2.40. The molecule has 5 nitrogen and oxygen atoms in total.